The van der Waals surface area contributed by atoms with E-state index >= 15 is 0 Å². The summed E-state index contributed by atoms with van der Waals surface area (Å²) >= 11 is 3.47. The molecule has 1 atom stereocenters. The van der Waals surface area contributed by atoms with Crippen molar-refractivity contribution in [2.24, 2.45) is 0 Å². The maximum Gasteiger partial charge on any atom is 0.148 e. The van der Waals surface area contributed by atoms with Crippen molar-refractivity contribution in [3.8, 4) is 18.1 Å². The van der Waals surface area contributed by atoms with Crippen LogP contribution in [0.4, 0.5) is 0 Å². The quantitative estimate of drug-likeness (QED) is 0.613. The van der Waals surface area contributed by atoms with Crippen LogP contribution in [0.15, 0.2) is 53.4 Å². The number of terminal acetylenes is 1. The molecular formula is C19H18N2OS2. The Hall–Kier alpha value is -2.13. The Balaban J connectivity index is 1.66. The summed E-state index contributed by atoms with van der Waals surface area (Å²) in [5.74, 6) is 3.29. The molecule has 2 heterocycles. The molecule has 1 unspecified atom stereocenters. The number of rotatable bonds is 8. The fourth-order valence-corrected chi connectivity index (χ4v) is 3.86. The molecule has 122 valence electrons. The van der Waals surface area contributed by atoms with Gasteiger partial charge in [-0.15, -0.1) is 29.1 Å². The Bertz CT molecular complexity index is 776. The highest BCUT2D eigenvalue weighted by molar-refractivity contribution is 7.10. The van der Waals surface area contributed by atoms with Crippen molar-refractivity contribution in [3.05, 3.63) is 68.8 Å². The third-order valence-corrected chi connectivity index (χ3v) is 5.30. The van der Waals surface area contributed by atoms with Crippen molar-refractivity contribution >= 4 is 22.7 Å². The number of nitrogens with one attached hydrogen (secondary N) is 1. The molecule has 1 N–H and O–H groups in total. The van der Waals surface area contributed by atoms with Crippen LogP contribution < -0.4 is 10.1 Å². The van der Waals surface area contributed by atoms with Gasteiger partial charge in [0.1, 0.15) is 17.4 Å². The molecule has 3 rings (SSSR count). The van der Waals surface area contributed by atoms with Crippen LogP contribution in [0.2, 0.25) is 0 Å². The summed E-state index contributed by atoms with van der Waals surface area (Å²) < 4.78 is 5.49. The molecule has 1 aromatic carbocycles. The van der Waals surface area contributed by atoms with Gasteiger partial charge in [0.15, 0.2) is 0 Å². The molecule has 0 saturated heterocycles. The number of hydrogen-bond donors (Lipinski definition) is 1. The van der Waals surface area contributed by atoms with Gasteiger partial charge in [0, 0.05) is 29.4 Å². The summed E-state index contributed by atoms with van der Waals surface area (Å²) in [4.78, 5) is 5.84. The van der Waals surface area contributed by atoms with E-state index in [1.54, 1.807) is 22.7 Å². The fourth-order valence-electron chi connectivity index (χ4n) is 2.39. The SMILES string of the molecule is C#CCOc1cccc(CNC(Cc2cccs2)c2nccs2)c1. The van der Waals surface area contributed by atoms with Gasteiger partial charge in [0.25, 0.3) is 0 Å². The van der Waals surface area contributed by atoms with Crippen LogP contribution >= 0.6 is 22.7 Å². The van der Waals surface area contributed by atoms with E-state index in [2.05, 4.69) is 39.8 Å². The van der Waals surface area contributed by atoms with Crippen molar-refractivity contribution < 1.29 is 4.74 Å². The summed E-state index contributed by atoms with van der Waals surface area (Å²) in [6.45, 7) is 1.04. The van der Waals surface area contributed by atoms with Crippen LogP contribution in [0.3, 0.4) is 0 Å². The predicted octanol–water partition coefficient (Wildman–Crippen LogP) is 4.29. The van der Waals surface area contributed by atoms with E-state index in [0.717, 1.165) is 29.3 Å². The molecule has 0 aliphatic rings. The number of thiophene rings is 1. The van der Waals surface area contributed by atoms with Crippen molar-refractivity contribution in [1.82, 2.24) is 10.3 Å². The molecule has 0 saturated carbocycles. The summed E-state index contributed by atoms with van der Waals surface area (Å²) in [6.07, 6.45) is 8.04. The van der Waals surface area contributed by atoms with E-state index in [1.807, 2.05) is 29.8 Å². The maximum atomic E-state index is 5.49. The van der Waals surface area contributed by atoms with Gasteiger partial charge >= 0.3 is 0 Å². The highest BCUT2D eigenvalue weighted by Crippen LogP contribution is 2.24. The molecular weight excluding hydrogens is 336 g/mol. The maximum absolute atomic E-state index is 5.49. The van der Waals surface area contributed by atoms with Gasteiger partial charge in [-0.05, 0) is 29.1 Å². The molecule has 0 spiro atoms. The van der Waals surface area contributed by atoms with E-state index in [4.69, 9.17) is 11.2 Å². The second-order valence-corrected chi connectivity index (χ2v) is 7.19. The number of ether oxygens (including phenoxy) is 1. The number of thiazole rings is 1. The van der Waals surface area contributed by atoms with Gasteiger partial charge in [0.05, 0.1) is 6.04 Å². The van der Waals surface area contributed by atoms with Crippen molar-refractivity contribution in [1.29, 1.82) is 0 Å². The van der Waals surface area contributed by atoms with Crippen LogP contribution in [-0.2, 0) is 13.0 Å². The molecule has 24 heavy (non-hydrogen) atoms. The van der Waals surface area contributed by atoms with Crippen molar-refractivity contribution in [2.45, 2.75) is 19.0 Å². The molecule has 5 heteroatoms. The number of hydrogen-bond acceptors (Lipinski definition) is 5. The second kappa shape index (κ2) is 8.65. The van der Waals surface area contributed by atoms with Gasteiger partial charge in [0.2, 0.25) is 0 Å². The Morgan fingerprint density at radius 1 is 1.21 bits per heavy atom. The van der Waals surface area contributed by atoms with Crippen LogP contribution in [-0.4, -0.2) is 11.6 Å². The average molecular weight is 354 g/mol. The van der Waals surface area contributed by atoms with Gasteiger partial charge in [-0.3, -0.25) is 0 Å². The highest BCUT2D eigenvalue weighted by Gasteiger charge is 2.15. The van der Waals surface area contributed by atoms with E-state index < -0.39 is 0 Å². The third-order valence-electron chi connectivity index (χ3n) is 3.51. The van der Waals surface area contributed by atoms with E-state index in [9.17, 15) is 0 Å². The monoisotopic (exact) mass is 354 g/mol. The number of nitrogens with zero attached hydrogens (tertiary/aromatic N) is 1. The molecule has 0 amide bonds. The lowest BCUT2D eigenvalue weighted by Gasteiger charge is -2.16. The topological polar surface area (TPSA) is 34.1 Å². The highest BCUT2D eigenvalue weighted by atomic mass is 32.1. The van der Waals surface area contributed by atoms with Crippen LogP contribution in [0, 0.1) is 12.3 Å². The van der Waals surface area contributed by atoms with E-state index in [0.29, 0.717) is 0 Å². The molecule has 2 aromatic heterocycles. The number of aromatic nitrogens is 1. The second-order valence-electron chi connectivity index (χ2n) is 5.23. The predicted molar refractivity (Wildman–Crippen MR) is 100 cm³/mol. The lowest BCUT2D eigenvalue weighted by atomic mass is 10.1. The van der Waals surface area contributed by atoms with Crippen LogP contribution in [0.5, 0.6) is 5.75 Å². The normalized spacial score (nSPS) is 11.8. The lowest BCUT2D eigenvalue weighted by molar-refractivity contribution is 0.369. The summed E-state index contributed by atoms with van der Waals surface area (Å²) in [5, 5.41) is 8.86. The minimum Gasteiger partial charge on any atom is -0.481 e. The lowest BCUT2D eigenvalue weighted by Crippen LogP contribution is -2.22. The van der Waals surface area contributed by atoms with Crippen LogP contribution in [0.1, 0.15) is 21.5 Å². The first-order chi connectivity index (χ1) is 11.8. The summed E-state index contributed by atoms with van der Waals surface area (Å²) in [6, 6.07) is 12.5. The Morgan fingerprint density at radius 3 is 2.92 bits per heavy atom. The molecule has 0 bridgehead atoms. The first-order valence-electron chi connectivity index (χ1n) is 7.65. The summed E-state index contributed by atoms with van der Waals surface area (Å²) in [7, 11) is 0. The van der Waals surface area contributed by atoms with Gasteiger partial charge in [-0.25, -0.2) is 4.98 Å². The largest absolute Gasteiger partial charge is 0.481 e. The molecule has 0 aliphatic heterocycles. The van der Waals surface area contributed by atoms with Crippen molar-refractivity contribution in [3.63, 3.8) is 0 Å². The zero-order valence-electron chi connectivity index (χ0n) is 13.1. The molecule has 0 aliphatic carbocycles. The zero-order chi connectivity index (χ0) is 16.6. The molecule has 3 aromatic rings. The first kappa shape index (κ1) is 16.7. The minimum atomic E-state index is 0.207. The molecule has 0 radical (unpaired) electrons. The smallest absolute Gasteiger partial charge is 0.148 e. The van der Waals surface area contributed by atoms with Crippen molar-refractivity contribution in [2.75, 3.05) is 6.61 Å². The fraction of sp³-hybridized carbons (Fsp3) is 0.211. The number of benzene rings is 1. The van der Waals surface area contributed by atoms with E-state index in [1.165, 1.54) is 4.88 Å². The molecule has 3 nitrogen and oxygen atoms in total. The van der Waals surface area contributed by atoms with Gasteiger partial charge < -0.3 is 10.1 Å². The Kier molecular flexibility index (Phi) is 6.02. The third kappa shape index (κ3) is 4.68. The average Bonchev–Trinajstić information content (AvgIpc) is 3.30. The van der Waals surface area contributed by atoms with E-state index in [-0.39, 0.29) is 12.6 Å². The van der Waals surface area contributed by atoms with Gasteiger partial charge in [-0.1, -0.05) is 24.1 Å². The van der Waals surface area contributed by atoms with Gasteiger partial charge in [-0.2, -0.15) is 0 Å². The Morgan fingerprint density at radius 2 is 2.17 bits per heavy atom. The summed E-state index contributed by atoms with van der Waals surface area (Å²) in [5.41, 5.74) is 1.16. The minimum absolute atomic E-state index is 0.207. The zero-order valence-corrected chi connectivity index (χ0v) is 14.8. The Labute approximate surface area is 150 Å². The standard InChI is InChI=1S/C19H18N2OS2/c1-2-9-22-16-6-3-5-15(12-16)14-21-18(19-20-8-11-24-19)13-17-7-4-10-23-17/h1,3-8,10-12,18,21H,9,13-14H2. The molecule has 0 fully saturated rings. The van der Waals surface area contributed by atoms with Crippen LogP contribution in [0.25, 0.3) is 0 Å². The first-order valence-corrected chi connectivity index (χ1v) is 9.41.